The number of rotatable bonds is 6. The van der Waals surface area contributed by atoms with Crippen LogP contribution in [0.4, 0.5) is 0 Å². The first-order valence-electron chi connectivity index (χ1n) is 37.4. The van der Waals surface area contributed by atoms with Gasteiger partial charge in [0, 0.05) is 54.2 Å². The van der Waals surface area contributed by atoms with Crippen LogP contribution >= 0.6 is 0 Å². The average molecular weight is 1330 g/mol. The Labute approximate surface area is 601 Å². The molecule has 0 aliphatic heterocycles. The maximum Gasteiger partial charge on any atom is 0.143 e. The molecule has 496 valence electrons. The first-order chi connectivity index (χ1) is 51.1. The summed E-state index contributed by atoms with van der Waals surface area (Å²) in [5.41, 5.74) is 29.4. The minimum atomic E-state index is -0.317. The molecule has 4 aromatic heterocycles. The van der Waals surface area contributed by atoms with Gasteiger partial charge in [0.05, 0.1) is 5.48 Å². The van der Waals surface area contributed by atoms with Gasteiger partial charge in [-0.1, -0.05) is 323 Å². The molecule has 0 N–H and O–H groups in total. The number of hydrogen-bond donors (Lipinski definition) is 0. The Morgan fingerprint density at radius 3 is 1.10 bits per heavy atom. The van der Waals surface area contributed by atoms with Gasteiger partial charge in [0.15, 0.2) is 0 Å². The normalized spacial score (nSPS) is 12.9. The largest absolute Gasteiger partial charge is 0.456 e. The van der Waals surface area contributed by atoms with Crippen molar-refractivity contribution in [3.05, 3.63) is 324 Å². The van der Waals surface area contributed by atoms with Crippen LogP contribution in [0.3, 0.4) is 0 Å². The van der Waals surface area contributed by atoms with Gasteiger partial charge in [-0.3, -0.25) is 0 Å². The molecule has 4 heterocycles. The molecule has 1 aliphatic rings. The van der Waals surface area contributed by atoms with Crippen molar-refractivity contribution in [2.75, 3.05) is 0 Å². The quantitative estimate of drug-likeness (QED) is 0.166. The number of fused-ring (bicyclic) bond motifs is 15. The Balaban J connectivity index is 0.000000117. The van der Waals surface area contributed by atoms with Gasteiger partial charge < -0.3 is 17.7 Å². The van der Waals surface area contributed by atoms with E-state index in [0.717, 1.165) is 117 Å². The third-order valence-electron chi connectivity index (χ3n) is 20.3. The summed E-state index contributed by atoms with van der Waals surface area (Å²) in [7, 11) is 0. The lowest BCUT2D eigenvalue weighted by atomic mass is 9.76. The van der Waals surface area contributed by atoms with Gasteiger partial charge in [0.25, 0.3) is 0 Å². The van der Waals surface area contributed by atoms with E-state index in [9.17, 15) is 0 Å². The zero-order chi connectivity index (χ0) is 73.2. The van der Waals surface area contributed by atoms with Crippen molar-refractivity contribution in [3.8, 4) is 77.9 Å². The van der Waals surface area contributed by atoms with Gasteiger partial charge in [-0.25, -0.2) is 0 Å². The minimum absolute atomic E-state index is 0.0538. The SMILES string of the molecule is CC(C)(C)c1c(-c2cccc3c2-c2ccccc2C3)cccc1-c1cccc2oc3ccccc3c12.CC(C)(C)c1c(-c2cccc3c2oc2ccccc23)cccc1-c1cccc2c1oc1ccccc12.[2H]c1c([2H])c(C)c([2H])c(-c2cccc(-c3cccc4oc5ccccc5c34)c2C(C)(C)C)c1[2H]. The molecule has 14 aromatic carbocycles. The second-order valence-corrected chi connectivity index (χ2v) is 30.2. The Kier molecular flexibility index (Phi) is 14.4. The molecule has 0 unspecified atom stereocenters. The smallest absolute Gasteiger partial charge is 0.143 e. The van der Waals surface area contributed by atoms with Crippen LogP contribution < -0.4 is 0 Å². The lowest BCUT2D eigenvalue weighted by Gasteiger charge is -2.28. The first-order valence-corrected chi connectivity index (χ1v) is 35.4. The molecule has 4 heteroatoms. The monoisotopic (exact) mass is 1320 g/mol. The predicted molar refractivity (Wildman–Crippen MR) is 430 cm³/mol. The molecule has 0 spiro atoms. The van der Waals surface area contributed by atoms with E-state index in [1.54, 1.807) is 6.92 Å². The van der Waals surface area contributed by atoms with Gasteiger partial charge in [-0.2, -0.15) is 0 Å². The predicted octanol–water partition coefficient (Wildman–Crippen LogP) is 28.4. The van der Waals surface area contributed by atoms with Gasteiger partial charge in [-0.05, 0) is 161 Å². The Morgan fingerprint density at radius 2 is 0.598 bits per heavy atom. The van der Waals surface area contributed by atoms with Crippen LogP contribution in [0.1, 0.15) is 101 Å². The number of para-hydroxylation sites is 6. The number of furan rings is 4. The van der Waals surface area contributed by atoms with Crippen LogP contribution in [0.25, 0.3) is 166 Å². The van der Waals surface area contributed by atoms with E-state index >= 15 is 0 Å². The summed E-state index contributed by atoms with van der Waals surface area (Å²) >= 11 is 0. The van der Waals surface area contributed by atoms with Gasteiger partial charge >= 0.3 is 0 Å². The minimum Gasteiger partial charge on any atom is -0.456 e. The van der Waals surface area contributed by atoms with Gasteiger partial charge in [-0.15, -0.1) is 0 Å². The van der Waals surface area contributed by atoms with E-state index in [-0.39, 0.29) is 40.4 Å². The zero-order valence-corrected chi connectivity index (χ0v) is 59.2. The second-order valence-electron chi connectivity index (χ2n) is 30.2. The fourth-order valence-electron chi connectivity index (χ4n) is 16.3. The van der Waals surface area contributed by atoms with Crippen molar-refractivity contribution in [2.24, 2.45) is 0 Å². The van der Waals surface area contributed by atoms with Crippen molar-refractivity contribution in [2.45, 2.75) is 91.9 Å². The molecule has 0 saturated heterocycles. The summed E-state index contributed by atoms with van der Waals surface area (Å²) < 4.78 is 59.2. The molecule has 19 rings (SSSR count). The van der Waals surface area contributed by atoms with Gasteiger partial charge in [0.2, 0.25) is 0 Å². The van der Waals surface area contributed by atoms with Crippen LogP contribution in [-0.2, 0) is 22.7 Å². The zero-order valence-electron chi connectivity index (χ0n) is 63.2. The summed E-state index contributed by atoms with van der Waals surface area (Å²) in [5, 5.41) is 9.04. The van der Waals surface area contributed by atoms with Crippen LogP contribution in [-0.4, -0.2) is 0 Å². The molecule has 0 saturated carbocycles. The molecular weight excluding hydrogens is 1240 g/mol. The van der Waals surface area contributed by atoms with Crippen molar-refractivity contribution in [1.29, 1.82) is 0 Å². The number of hydrogen-bond acceptors (Lipinski definition) is 4. The average Bonchev–Trinajstić information content (AvgIpc) is 1.44. The molecule has 18 aromatic rings. The summed E-state index contributed by atoms with van der Waals surface area (Å²) in [6.45, 7) is 21.9. The maximum absolute atomic E-state index is 8.76. The molecule has 0 atom stereocenters. The fourth-order valence-corrected chi connectivity index (χ4v) is 16.3. The lowest BCUT2D eigenvalue weighted by molar-refractivity contribution is 0.593. The molecule has 0 radical (unpaired) electrons. The molecular formula is C98H80O4. The highest BCUT2D eigenvalue weighted by molar-refractivity contribution is 6.16. The first kappa shape index (κ1) is 59.2. The van der Waals surface area contributed by atoms with E-state index in [4.69, 9.17) is 23.2 Å². The van der Waals surface area contributed by atoms with E-state index < -0.39 is 0 Å². The van der Waals surface area contributed by atoms with Crippen LogP contribution in [0, 0.1) is 6.92 Å². The van der Waals surface area contributed by atoms with Crippen molar-refractivity contribution < 1.29 is 23.2 Å². The van der Waals surface area contributed by atoms with Crippen LogP contribution in [0.5, 0.6) is 0 Å². The van der Waals surface area contributed by atoms with Crippen molar-refractivity contribution >= 4 is 87.8 Å². The number of benzene rings is 14. The molecule has 1 aliphatic carbocycles. The Hall–Kier alpha value is -11.7. The summed E-state index contributed by atoms with van der Waals surface area (Å²) in [4.78, 5) is 0. The van der Waals surface area contributed by atoms with Crippen molar-refractivity contribution in [1.82, 2.24) is 0 Å². The lowest BCUT2D eigenvalue weighted by Crippen LogP contribution is -2.15. The highest BCUT2D eigenvalue weighted by Crippen LogP contribution is 2.51. The standard InChI is InChI=1S/C35H28O.C34H26O2.C29H26O/c1-35(2,3)34-27(25-15-8-12-23-21-22-11-4-5-13-24(22)32(23)25)17-9-18-28(34)26-16-10-20-31-33(26)29-14-6-7-19-30(29)36-31;1-34(2,3)31-23(27-17-9-15-25-21-11-4-6-19-29(21)35-32(25)27)13-8-14-24(31)28-18-10-16-26-22-12-5-7-20-30(22)36-33(26)28;1-19-10-7-11-20(18-19)21-13-8-15-23(28(21)29(2,3)4)22-14-9-17-26-27(22)24-12-5-6-16-25(24)30-26/h4-20H,21H2,1-3H3;4-20H,1-3H3;5-18H,1-4H3/i;;7D,10D,11D,18D. The highest BCUT2D eigenvalue weighted by Gasteiger charge is 2.31. The fraction of sp³-hybridized carbons (Fsp3) is 0.143. The van der Waals surface area contributed by atoms with E-state index in [1.165, 1.54) is 77.5 Å². The van der Waals surface area contributed by atoms with Crippen molar-refractivity contribution in [3.63, 3.8) is 0 Å². The molecule has 4 nitrogen and oxygen atoms in total. The summed E-state index contributed by atoms with van der Waals surface area (Å²) in [6, 6.07) is 93.4. The summed E-state index contributed by atoms with van der Waals surface area (Å²) in [6.07, 6.45) is 1.00. The molecule has 102 heavy (non-hydrogen) atoms. The third kappa shape index (κ3) is 11.0. The Morgan fingerprint density at radius 1 is 0.275 bits per heavy atom. The summed E-state index contributed by atoms with van der Waals surface area (Å²) in [5.74, 6) is 0. The van der Waals surface area contributed by atoms with E-state index in [2.05, 4.69) is 256 Å². The molecule has 0 fully saturated rings. The molecule has 0 amide bonds. The van der Waals surface area contributed by atoms with Crippen LogP contribution in [0.2, 0.25) is 0 Å². The van der Waals surface area contributed by atoms with Gasteiger partial charge in [0.1, 0.15) is 44.7 Å². The topological polar surface area (TPSA) is 52.6 Å². The highest BCUT2D eigenvalue weighted by atomic mass is 16.3. The Bertz CT molecular complexity index is 6410. The second kappa shape index (κ2) is 24.9. The van der Waals surface area contributed by atoms with Crippen LogP contribution in [0.15, 0.2) is 309 Å². The molecule has 0 bridgehead atoms. The maximum atomic E-state index is 8.76. The third-order valence-corrected chi connectivity index (χ3v) is 20.3. The van der Waals surface area contributed by atoms with E-state index in [0.29, 0.717) is 11.1 Å². The van der Waals surface area contributed by atoms with E-state index in [1.807, 2.05) is 72.8 Å².